The number of aliphatic hydroxyl groups excluding tert-OH is 1. The molecule has 4 atom stereocenters. The maximum absolute atomic E-state index is 10.3. The van der Waals surface area contributed by atoms with Gasteiger partial charge in [0.05, 0.1) is 6.10 Å². The first-order valence-electron chi connectivity index (χ1n) is 6.82. The van der Waals surface area contributed by atoms with E-state index in [4.69, 9.17) is 0 Å². The van der Waals surface area contributed by atoms with Crippen LogP contribution in [-0.4, -0.2) is 10.1 Å². The van der Waals surface area contributed by atoms with Gasteiger partial charge in [0.1, 0.15) is 0 Å². The van der Waals surface area contributed by atoms with Crippen molar-refractivity contribution in [3.63, 3.8) is 0 Å². The lowest BCUT2D eigenvalue weighted by atomic mass is 9.83. The van der Waals surface area contributed by atoms with Crippen LogP contribution in [0.25, 0.3) is 0 Å². The minimum atomic E-state index is -0.312. The van der Waals surface area contributed by atoms with Crippen LogP contribution in [0.3, 0.4) is 0 Å². The van der Waals surface area contributed by atoms with Gasteiger partial charge in [-0.05, 0) is 62.0 Å². The molecule has 0 aromatic carbocycles. The second kappa shape index (κ2) is 4.41. The van der Waals surface area contributed by atoms with Crippen LogP contribution in [0.5, 0.6) is 0 Å². The summed E-state index contributed by atoms with van der Waals surface area (Å²) >= 11 is 0. The Morgan fingerprint density at radius 2 is 2.29 bits per heavy atom. The van der Waals surface area contributed by atoms with Crippen molar-refractivity contribution in [2.24, 2.45) is 17.8 Å². The zero-order chi connectivity index (χ0) is 11.8. The number of fused-ring (bicyclic) bond motifs is 2. The number of hydrogen-bond acceptors (Lipinski definition) is 2. The van der Waals surface area contributed by atoms with E-state index >= 15 is 0 Å². The zero-order valence-electron chi connectivity index (χ0n) is 10.5. The second-order valence-corrected chi connectivity index (χ2v) is 5.92. The van der Waals surface area contributed by atoms with Crippen LogP contribution in [-0.2, 0) is 0 Å². The third-order valence-corrected chi connectivity index (χ3v) is 4.85. The molecule has 4 unspecified atom stereocenters. The summed E-state index contributed by atoms with van der Waals surface area (Å²) in [6, 6.07) is 1.99. The molecular formula is C15H21NO. The summed E-state index contributed by atoms with van der Waals surface area (Å²) in [4.78, 5) is 4.13. The van der Waals surface area contributed by atoms with Crippen molar-refractivity contribution < 1.29 is 5.11 Å². The first-order chi connectivity index (χ1) is 8.24. The van der Waals surface area contributed by atoms with Crippen LogP contribution in [0, 0.1) is 24.7 Å². The minimum Gasteiger partial charge on any atom is -0.388 e. The van der Waals surface area contributed by atoms with Crippen LogP contribution in [0.2, 0.25) is 0 Å². The SMILES string of the molecule is Cc1ccncc1C(O)CC1CC2CCC1C2. The Kier molecular flexibility index (Phi) is 2.91. The molecule has 3 rings (SSSR count). The van der Waals surface area contributed by atoms with Crippen molar-refractivity contribution in [3.8, 4) is 0 Å². The number of nitrogens with zero attached hydrogens (tertiary/aromatic N) is 1. The lowest BCUT2D eigenvalue weighted by Gasteiger charge is -2.24. The highest BCUT2D eigenvalue weighted by atomic mass is 16.3. The molecule has 0 spiro atoms. The van der Waals surface area contributed by atoms with E-state index in [1.165, 1.54) is 25.7 Å². The molecule has 2 bridgehead atoms. The average Bonchev–Trinajstić information content (AvgIpc) is 2.91. The molecule has 0 aliphatic heterocycles. The minimum absolute atomic E-state index is 0.312. The molecule has 1 aromatic heterocycles. The van der Waals surface area contributed by atoms with E-state index in [0.29, 0.717) is 0 Å². The smallest absolute Gasteiger partial charge is 0.0810 e. The number of hydrogen-bond donors (Lipinski definition) is 1. The fourth-order valence-electron chi connectivity index (χ4n) is 3.90. The van der Waals surface area contributed by atoms with Gasteiger partial charge in [-0.25, -0.2) is 0 Å². The van der Waals surface area contributed by atoms with E-state index in [9.17, 15) is 5.11 Å². The summed E-state index contributed by atoms with van der Waals surface area (Å²) in [5.74, 6) is 2.61. The van der Waals surface area contributed by atoms with Crippen molar-refractivity contribution >= 4 is 0 Å². The Hall–Kier alpha value is -0.890. The maximum Gasteiger partial charge on any atom is 0.0810 e. The molecule has 2 heteroatoms. The number of rotatable bonds is 3. The van der Waals surface area contributed by atoms with Crippen LogP contribution >= 0.6 is 0 Å². The Balaban J connectivity index is 1.68. The molecule has 17 heavy (non-hydrogen) atoms. The third-order valence-electron chi connectivity index (χ3n) is 4.85. The molecule has 1 N–H and O–H groups in total. The largest absolute Gasteiger partial charge is 0.388 e. The summed E-state index contributed by atoms with van der Waals surface area (Å²) in [7, 11) is 0. The van der Waals surface area contributed by atoms with Crippen molar-refractivity contribution in [1.82, 2.24) is 4.98 Å². The summed E-state index contributed by atoms with van der Waals surface area (Å²) in [6.45, 7) is 2.06. The first kappa shape index (κ1) is 11.2. The van der Waals surface area contributed by atoms with Gasteiger partial charge in [-0.2, -0.15) is 0 Å². The van der Waals surface area contributed by atoms with E-state index in [0.717, 1.165) is 35.3 Å². The number of aryl methyl sites for hydroxylation is 1. The Morgan fingerprint density at radius 3 is 2.94 bits per heavy atom. The van der Waals surface area contributed by atoms with Crippen LogP contribution in [0.15, 0.2) is 18.5 Å². The van der Waals surface area contributed by atoms with Gasteiger partial charge in [0, 0.05) is 18.0 Å². The van der Waals surface area contributed by atoms with Crippen LogP contribution in [0.1, 0.15) is 49.3 Å². The van der Waals surface area contributed by atoms with Gasteiger partial charge in [0.25, 0.3) is 0 Å². The van der Waals surface area contributed by atoms with E-state index in [1.54, 1.807) is 6.20 Å². The summed E-state index contributed by atoms with van der Waals surface area (Å²) in [5, 5.41) is 10.3. The van der Waals surface area contributed by atoms with E-state index in [1.807, 2.05) is 12.3 Å². The van der Waals surface area contributed by atoms with Gasteiger partial charge in [0.15, 0.2) is 0 Å². The van der Waals surface area contributed by atoms with Gasteiger partial charge in [-0.3, -0.25) is 4.98 Å². The van der Waals surface area contributed by atoms with Crippen molar-refractivity contribution in [2.75, 3.05) is 0 Å². The second-order valence-electron chi connectivity index (χ2n) is 5.92. The van der Waals surface area contributed by atoms with Crippen molar-refractivity contribution in [2.45, 2.75) is 45.1 Å². The fourth-order valence-corrected chi connectivity index (χ4v) is 3.90. The summed E-state index contributed by atoms with van der Waals surface area (Å²) in [5.41, 5.74) is 2.19. The van der Waals surface area contributed by atoms with Crippen LogP contribution in [0.4, 0.5) is 0 Å². The predicted molar refractivity (Wildman–Crippen MR) is 67.5 cm³/mol. The molecule has 0 saturated heterocycles. The Morgan fingerprint density at radius 1 is 1.41 bits per heavy atom. The number of aliphatic hydroxyl groups is 1. The standard InChI is InChI=1S/C15H21NO/c1-10-4-5-16-9-14(10)15(17)8-13-7-11-2-3-12(13)6-11/h4-5,9,11-13,15,17H,2-3,6-8H2,1H3. The van der Waals surface area contributed by atoms with Gasteiger partial charge in [-0.1, -0.05) is 6.42 Å². The molecule has 2 aliphatic carbocycles. The van der Waals surface area contributed by atoms with Crippen molar-refractivity contribution in [3.05, 3.63) is 29.6 Å². The molecule has 2 nitrogen and oxygen atoms in total. The van der Waals surface area contributed by atoms with Gasteiger partial charge in [0.2, 0.25) is 0 Å². The monoisotopic (exact) mass is 231 g/mol. The molecule has 1 heterocycles. The Labute approximate surface area is 103 Å². The van der Waals surface area contributed by atoms with E-state index in [2.05, 4.69) is 11.9 Å². The molecule has 2 aliphatic rings. The lowest BCUT2D eigenvalue weighted by molar-refractivity contribution is 0.125. The highest BCUT2D eigenvalue weighted by molar-refractivity contribution is 5.23. The first-order valence-corrected chi connectivity index (χ1v) is 6.82. The molecule has 2 saturated carbocycles. The molecular weight excluding hydrogens is 210 g/mol. The maximum atomic E-state index is 10.3. The van der Waals surface area contributed by atoms with Gasteiger partial charge in [-0.15, -0.1) is 0 Å². The highest BCUT2D eigenvalue weighted by Gasteiger charge is 2.40. The summed E-state index contributed by atoms with van der Waals surface area (Å²) < 4.78 is 0. The molecule has 0 amide bonds. The van der Waals surface area contributed by atoms with E-state index < -0.39 is 0 Å². The zero-order valence-corrected chi connectivity index (χ0v) is 10.5. The quantitative estimate of drug-likeness (QED) is 0.866. The highest BCUT2D eigenvalue weighted by Crippen LogP contribution is 2.50. The number of pyridine rings is 1. The van der Waals surface area contributed by atoms with Crippen molar-refractivity contribution in [1.29, 1.82) is 0 Å². The normalized spacial score (nSPS) is 32.9. The number of aromatic nitrogens is 1. The molecule has 92 valence electrons. The summed E-state index contributed by atoms with van der Waals surface area (Å²) in [6.07, 6.45) is 9.85. The fraction of sp³-hybridized carbons (Fsp3) is 0.667. The van der Waals surface area contributed by atoms with Crippen LogP contribution < -0.4 is 0 Å². The molecule has 1 aromatic rings. The topological polar surface area (TPSA) is 33.1 Å². The predicted octanol–water partition coefficient (Wildman–Crippen LogP) is 3.25. The molecule has 2 fully saturated rings. The lowest BCUT2D eigenvalue weighted by Crippen LogP contribution is -2.15. The van der Waals surface area contributed by atoms with E-state index in [-0.39, 0.29) is 6.10 Å². The Bertz CT molecular complexity index is 404. The third kappa shape index (κ3) is 2.11. The van der Waals surface area contributed by atoms with Gasteiger partial charge >= 0.3 is 0 Å². The van der Waals surface area contributed by atoms with Gasteiger partial charge < -0.3 is 5.11 Å². The average molecular weight is 231 g/mol. The molecule has 0 radical (unpaired) electrons.